The fourth-order valence-electron chi connectivity index (χ4n) is 1.91. The average Bonchev–Trinajstić information content (AvgIpc) is 2.95. The molecule has 88 valence electrons. The minimum atomic E-state index is 0.248. The van der Waals surface area contributed by atoms with Gasteiger partial charge in [0.25, 0.3) is 5.90 Å². The van der Waals surface area contributed by atoms with Crippen molar-refractivity contribution in [3.05, 3.63) is 30.1 Å². The van der Waals surface area contributed by atoms with Crippen LogP contribution in [0.5, 0.6) is 0 Å². The second-order valence-electron chi connectivity index (χ2n) is 4.66. The third-order valence-corrected chi connectivity index (χ3v) is 3.04. The van der Waals surface area contributed by atoms with Crippen molar-refractivity contribution in [2.45, 2.75) is 19.9 Å². The maximum atomic E-state index is 5.60. The predicted molar refractivity (Wildman–Crippen MR) is 67.2 cm³/mol. The van der Waals surface area contributed by atoms with Crippen LogP contribution >= 0.6 is 0 Å². The highest BCUT2D eigenvalue weighted by molar-refractivity contribution is 5.94. The van der Waals surface area contributed by atoms with Crippen molar-refractivity contribution in [1.29, 1.82) is 0 Å². The Bertz CT molecular complexity index is 538. The van der Waals surface area contributed by atoms with Gasteiger partial charge < -0.3 is 9.72 Å². The highest BCUT2D eigenvalue weighted by Crippen LogP contribution is 2.18. The van der Waals surface area contributed by atoms with Gasteiger partial charge in [-0.05, 0) is 18.1 Å². The predicted octanol–water partition coefficient (Wildman–Crippen LogP) is 2.36. The molecule has 1 aliphatic rings. The monoisotopic (exact) mass is 229 g/mol. The van der Waals surface area contributed by atoms with Crippen LogP contribution in [0.4, 0.5) is 0 Å². The number of fused-ring (bicyclic) bond motifs is 1. The van der Waals surface area contributed by atoms with Gasteiger partial charge in [0.05, 0.1) is 17.1 Å². The van der Waals surface area contributed by atoms with E-state index in [0.717, 1.165) is 16.9 Å². The van der Waals surface area contributed by atoms with Crippen LogP contribution in [0.2, 0.25) is 0 Å². The van der Waals surface area contributed by atoms with Gasteiger partial charge in [-0.25, -0.2) is 9.98 Å². The standard InChI is InChI=1S/C13H15N3O/c1-8(2)11-7-17-13(16-11)12-14-9-5-3-4-6-10(9)15-12/h3-6,8,11H,7H2,1-2H3,(H,14,15). The van der Waals surface area contributed by atoms with Crippen molar-refractivity contribution >= 4 is 16.9 Å². The van der Waals surface area contributed by atoms with Crippen LogP contribution in [0.3, 0.4) is 0 Å². The molecular weight excluding hydrogens is 214 g/mol. The summed E-state index contributed by atoms with van der Waals surface area (Å²) in [7, 11) is 0. The van der Waals surface area contributed by atoms with E-state index in [1.165, 1.54) is 0 Å². The summed E-state index contributed by atoms with van der Waals surface area (Å²) in [4.78, 5) is 12.3. The number of hydrogen-bond acceptors (Lipinski definition) is 3. The highest BCUT2D eigenvalue weighted by Gasteiger charge is 2.24. The molecule has 3 rings (SSSR count). The van der Waals surface area contributed by atoms with Crippen LogP contribution in [0.1, 0.15) is 19.7 Å². The summed E-state index contributed by atoms with van der Waals surface area (Å²) in [6.45, 7) is 4.96. The first-order chi connectivity index (χ1) is 8.24. The molecule has 0 spiro atoms. The average molecular weight is 229 g/mol. The molecule has 0 bridgehead atoms. The number of imidazole rings is 1. The van der Waals surface area contributed by atoms with Gasteiger partial charge in [0.1, 0.15) is 6.61 Å². The van der Waals surface area contributed by atoms with Gasteiger partial charge in [0.15, 0.2) is 5.82 Å². The number of H-pyrrole nitrogens is 1. The third kappa shape index (κ3) is 1.79. The number of nitrogens with zero attached hydrogens (tertiary/aromatic N) is 2. The van der Waals surface area contributed by atoms with E-state index in [9.17, 15) is 0 Å². The van der Waals surface area contributed by atoms with E-state index in [4.69, 9.17) is 4.74 Å². The number of hydrogen-bond donors (Lipinski definition) is 1. The first-order valence-corrected chi connectivity index (χ1v) is 5.90. The van der Waals surface area contributed by atoms with Gasteiger partial charge in [0, 0.05) is 0 Å². The molecule has 1 N–H and O–H groups in total. The summed E-state index contributed by atoms with van der Waals surface area (Å²) in [6.07, 6.45) is 0. The molecule has 0 saturated heterocycles. The lowest BCUT2D eigenvalue weighted by atomic mass is 10.1. The summed E-state index contributed by atoms with van der Waals surface area (Å²) in [6, 6.07) is 8.18. The molecule has 1 aromatic carbocycles. The number of aromatic nitrogens is 2. The van der Waals surface area contributed by atoms with Gasteiger partial charge in [-0.2, -0.15) is 0 Å². The SMILES string of the molecule is CC(C)C1COC(c2nc3ccccc3[nH]2)=N1. The normalized spacial score (nSPS) is 19.7. The number of aliphatic imine (C=N–C) groups is 1. The number of nitrogens with one attached hydrogen (secondary N) is 1. The van der Waals surface area contributed by atoms with E-state index >= 15 is 0 Å². The Morgan fingerprint density at radius 1 is 1.35 bits per heavy atom. The lowest BCUT2D eigenvalue weighted by molar-refractivity contribution is 0.291. The maximum Gasteiger partial charge on any atom is 0.253 e. The molecule has 2 heterocycles. The van der Waals surface area contributed by atoms with E-state index < -0.39 is 0 Å². The number of benzene rings is 1. The second kappa shape index (κ2) is 3.87. The Morgan fingerprint density at radius 2 is 2.18 bits per heavy atom. The number of ether oxygens (including phenoxy) is 1. The zero-order valence-corrected chi connectivity index (χ0v) is 9.97. The summed E-state index contributed by atoms with van der Waals surface area (Å²) < 4.78 is 5.60. The zero-order valence-electron chi connectivity index (χ0n) is 9.97. The van der Waals surface area contributed by atoms with E-state index in [-0.39, 0.29) is 6.04 Å². The largest absolute Gasteiger partial charge is 0.473 e. The van der Waals surface area contributed by atoms with Gasteiger partial charge in [-0.15, -0.1) is 0 Å². The Labute approximate surface area is 99.7 Å². The Hall–Kier alpha value is -1.84. The topological polar surface area (TPSA) is 50.3 Å². The molecule has 1 atom stereocenters. The van der Waals surface area contributed by atoms with E-state index in [2.05, 4.69) is 28.8 Å². The first kappa shape index (κ1) is 10.3. The first-order valence-electron chi connectivity index (χ1n) is 5.90. The molecule has 1 unspecified atom stereocenters. The Balaban J connectivity index is 1.97. The summed E-state index contributed by atoms with van der Waals surface area (Å²) >= 11 is 0. The smallest absolute Gasteiger partial charge is 0.253 e. The van der Waals surface area contributed by atoms with E-state index in [1.807, 2.05) is 24.3 Å². The molecule has 0 saturated carbocycles. The van der Waals surface area contributed by atoms with Crippen LogP contribution in [0.15, 0.2) is 29.3 Å². The van der Waals surface area contributed by atoms with Crippen LogP contribution in [0.25, 0.3) is 11.0 Å². The summed E-state index contributed by atoms with van der Waals surface area (Å²) in [5, 5.41) is 0. The van der Waals surface area contributed by atoms with E-state index in [1.54, 1.807) is 0 Å². The van der Waals surface area contributed by atoms with Gasteiger partial charge >= 0.3 is 0 Å². The molecule has 0 fully saturated rings. The molecule has 0 radical (unpaired) electrons. The third-order valence-electron chi connectivity index (χ3n) is 3.04. The fourth-order valence-corrected chi connectivity index (χ4v) is 1.91. The van der Waals surface area contributed by atoms with Gasteiger partial charge in [-0.1, -0.05) is 26.0 Å². The number of para-hydroxylation sites is 2. The molecule has 1 aromatic heterocycles. The van der Waals surface area contributed by atoms with Crippen molar-refractivity contribution in [2.75, 3.05) is 6.61 Å². The van der Waals surface area contributed by atoms with Crippen molar-refractivity contribution in [2.24, 2.45) is 10.9 Å². The Morgan fingerprint density at radius 3 is 2.88 bits per heavy atom. The van der Waals surface area contributed by atoms with Gasteiger partial charge in [0.2, 0.25) is 0 Å². The maximum absolute atomic E-state index is 5.60. The second-order valence-corrected chi connectivity index (χ2v) is 4.66. The zero-order chi connectivity index (χ0) is 11.8. The molecule has 17 heavy (non-hydrogen) atoms. The lowest BCUT2D eigenvalue weighted by Gasteiger charge is -2.06. The van der Waals surface area contributed by atoms with Crippen LogP contribution in [0, 0.1) is 5.92 Å². The minimum absolute atomic E-state index is 0.248. The molecule has 0 aliphatic carbocycles. The van der Waals surface area contributed by atoms with Crippen LogP contribution in [-0.4, -0.2) is 28.5 Å². The molecule has 4 heteroatoms. The van der Waals surface area contributed by atoms with Crippen molar-refractivity contribution in [3.8, 4) is 0 Å². The lowest BCUT2D eigenvalue weighted by Crippen LogP contribution is -2.13. The summed E-state index contributed by atoms with van der Waals surface area (Å²) in [5.74, 6) is 1.87. The quantitative estimate of drug-likeness (QED) is 0.859. The fraction of sp³-hybridized carbons (Fsp3) is 0.385. The highest BCUT2D eigenvalue weighted by atomic mass is 16.5. The van der Waals surface area contributed by atoms with Crippen molar-refractivity contribution < 1.29 is 4.74 Å². The Kier molecular flexibility index (Phi) is 2.35. The molecule has 1 aliphatic heterocycles. The minimum Gasteiger partial charge on any atom is -0.473 e. The molecule has 4 nitrogen and oxygen atoms in total. The van der Waals surface area contributed by atoms with Crippen LogP contribution < -0.4 is 0 Å². The van der Waals surface area contributed by atoms with Crippen molar-refractivity contribution in [1.82, 2.24) is 9.97 Å². The van der Waals surface area contributed by atoms with Gasteiger partial charge in [-0.3, -0.25) is 0 Å². The number of aromatic amines is 1. The van der Waals surface area contributed by atoms with Crippen LogP contribution in [-0.2, 0) is 4.74 Å². The molecular formula is C13H15N3O. The molecule has 2 aromatic rings. The number of rotatable bonds is 2. The van der Waals surface area contributed by atoms with E-state index in [0.29, 0.717) is 18.4 Å². The van der Waals surface area contributed by atoms with Crippen molar-refractivity contribution in [3.63, 3.8) is 0 Å². The molecule has 0 amide bonds. The summed E-state index contributed by atoms with van der Waals surface area (Å²) in [5.41, 5.74) is 1.96.